The van der Waals surface area contributed by atoms with E-state index in [1.54, 1.807) is 49.7 Å². The van der Waals surface area contributed by atoms with Gasteiger partial charge in [0.25, 0.3) is 0 Å². The van der Waals surface area contributed by atoms with Crippen LogP contribution in [0.4, 0.5) is 0 Å². The average Bonchev–Trinajstić information content (AvgIpc) is 2.93. The molecule has 0 atom stereocenters. The third-order valence-electron chi connectivity index (χ3n) is 5.08. The minimum Gasteiger partial charge on any atom is -1.00 e. The monoisotopic (exact) mass is 465 g/mol. The zero-order valence-electron chi connectivity index (χ0n) is 18.1. The number of sulfone groups is 1. The average molecular weight is 466 g/mol. The number of carbonyl (C=O) groups is 1. The van der Waals surface area contributed by atoms with E-state index in [1.165, 1.54) is 12.1 Å². The van der Waals surface area contributed by atoms with E-state index in [0.717, 1.165) is 0 Å². The molecule has 0 aliphatic carbocycles. The largest absolute Gasteiger partial charge is 1.00 e. The Morgan fingerprint density at radius 3 is 2.35 bits per heavy atom. The fraction of sp³-hybridized carbons (Fsp3) is 0.318. The van der Waals surface area contributed by atoms with E-state index in [2.05, 4.69) is 0 Å². The Morgan fingerprint density at radius 1 is 1.19 bits per heavy atom. The van der Waals surface area contributed by atoms with Crippen molar-refractivity contribution in [1.29, 1.82) is 0 Å². The van der Waals surface area contributed by atoms with Crippen LogP contribution in [-0.4, -0.2) is 49.7 Å². The van der Waals surface area contributed by atoms with E-state index in [-0.39, 0.29) is 45.5 Å². The summed E-state index contributed by atoms with van der Waals surface area (Å²) >= 11 is 0. The van der Waals surface area contributed by atoms with E-state index in [4.69, 9.17) is 4.74 Å². The molecule has 2 aromatic carbocycles. The maximum Gasteiger partial charge on any atom is 0.340 e. The standard InChI is InChI=1S/C22H26N2O5S.ClH/c1-6-29-22(26)18-14(2)24(5)17-12-15(13-23(3)4)20(25)21(19(17)18)30(27,28)16-10-8-7-9-11-16;/h7-12,25H,6,13H2,1-5H3;1H/p-1. The summed E-state index contributed by atoms with van der Waals surface area (Å²) in [6.07, 6.45) is 0. The van der Waals surface area contributed by atoms with Crippen molar-refractivity contribution in [2.45, 2.75) is 30.2 Å². The Morgan fingerprint density at radius 2 is 1.81 bits per heavy atom. The van der Waals surface area contributed by atoms with Crippen LogP contribution < -0.4 is 12.4 Å². The highest BCUT2D eigenvalue weighted by Gasteiger charge is 2.32. The Kier molecular flexibility index (Phi) is 7.41. The Balaban J connectivity index is 0.00000341. The number of hydrogen-bond acceptors (Lipinski definition) is 6. The molecule has 0 bridgehead atoms. The highest BCUT2D eigenvalue weighted by atomic mass is 35.5. The number of fused-ring (bicyclic) bond motifs is 1. The van der Waals surface area contributed by atoms with Crippen molar-refractivity contribution in [2.75, 3.05) is 20.7 Å². The lowest BCUT2D eigenvalue weighted by atomic mass is 10.1. The number of hydrogen-bond donors (Lipinski definition) is 1. The van der Waals surface area contributed by atoms with Gasteiger partial charge in [-0.2, -0.15) is 0 Å². The number of nitrogens with zero attached hydrogens (tertiary/aromatic N) is 2. The number of rotatable bonds is 6. The van der Waals surface area contributed by atoms with Gasteiger partial charge in [-0.15, -0.1) is 0 Å². The molecule has 0 radical (unpaired) electrons. The molecule has 0 aliphatic heterocycles. The predicted molar refractivity (Wildman–Crippen MR) is 115 cm³/mol. The van der Waals surface area contributed by atoms with Crippen LogP contribution in [0.1, 0.15) is 28.5 Å². The first-order valence-corrected chi connectivity index (χ1v) is 11.0. The fourth-order valence-corrected chi connectivity index (χ4v) is 5.23. The Bertz CT molecular complexity index is 1220. The van der Waals surface area contributed by atoms with Crippen LogP contribution in [0.15, 0.2) is 46.2 Å². The molecule has 1 heterocycles. The lowest BCUT2D eigenvalue weighted by Gasteiger charge is -2.16. The first kappa shape index (κ1) is 24.7. The van der Waals surface area contributed by atoms with Crippen LogP contribution in [0.5, 0.6) is 5.75 Å². The maximum atomic E-state index is 13.6. The molecule has 0 spiro atoms. The smallest absolute Gasteiger partial charge is 0.340 e. The zero-order valence-corrected chi connectivity index (χ0v) is 19.7. The second-order valence-electron chi connectivity index (χ2n) is 7.40. The van der Waals surface area contributed by atoms with Crippen molar-refractivity contribution in [2.24, 2.45) is 7.05 Å². The maximum absolute atomic E-state index is 13.6. The van der Waals surface area contributed by atoms with Crippen molar-refractivity contribution in [3.8, 4) is 5.75 Å². The Hall–Kier alpha value is -2.55. The van der Waals surface area contributed by atoms with Gasteiger partial charge < -0.3 is 31.7 Å². The first-order chi connectivity index (χ1) is 14.1. The van der Waals surface area contributed by atoms with E-state index in [0.29, 0.717) is 23.3 Å². The van der Waals surface area contributed by atoms with Gasteiger partial charge in [0, 0.05) is 30.2 Å². The lowest BCUT2D eigenvalue weighted by Crippen LogP contribution is -3.00. The number of halogens is 1. The third-order valence-corrected chi connectivity index (χ3v) is 6.91. The van der Waals surface area contributed by atoms with Crippen molar-refractivity contribution in [3.05, 3.63) is 53.2 Å². The molecule has 1 aromatic heterocycles. The summed E-state index contributed by atoms with van der Waals surface area (Å²) in [4.78, 5) is 14.4. The second kappa shape index (κ2) is 9.30. The van der Waals surface area contributed by atoms with E-state index in [1.807, 2.05) is 19.0 Å². The van der Waals surface area contributed by atoms with Gasteiger partial charge in [-0.05, 0) is 46.1 Å². The minimum absolute atomic E-state index is 0. The number of aromatic nitrogens is 1. The number of esters is 1. The molecule has 0 saturated carbocycles. The normalized spacial score (nSPS) is 11.5. The summed E-state index contributed by atoms with van der Waals surface area (Å²) in [5.41, 5.74) is 1.71. The number of ether oxygens (including phenoxy) is 1. The van der Waals surface area contributed by atoms with E-state index >= 15 is 0 Å². The van der Waals surface area contributed by atoms with E-state index in [9.17, 15) is 18.3 Å². The summed E-state index contributed by atoms with van der Waals surface area (Å²) < 4.78 is 34.2. The van der Waals surface area contributed by atoms with Crippen LogP contribution in [-0.2, 0) is 28.2 Å². The number of aryl methyl sites for hydroxylation is 1. The van der Waals surface area contributed by atoms with Crippen LogP contribution in [0.2, 0.25) is 0 Å². The van der Waals surface area contributed by atoms with E-state index < -0.39 is 15.8 Å². The molecule has 7 nitrogen and oxygen atoms in total. The van der Waals surface area contributed by atoms with Gasteiger partial charge in [-0.1, -0.05) is 18.2 Å². The van der Waals surface area contributed by atoms with Gasteiger partial charge in [0.05, 0.1) is 22.6 Å². The van der Waals surface area contributed by atoms with Gasteiger partial charge in [-0.25, -0.2) is 13.2 Å². The molecular formula is C22H26ClN2O5S-. The Labute approximate surface area is 188 Å². The van der Waals surface area contributed by atoms with Gasteiger partial charge in [0.1, 0.15) is 10.6 Å². The lowest BCUT2D eigenvalue weighted by molar-refractivity contribution is -0.0000282. The number of phenols is 1. The van der Waals surface area contributed by atoms with Crippen LogP contribution >= 0.6 is 0 Å². The molecule has 0 saturated heterocycles. The molecule has 31 heavy (non-hydrogen) atoms. The fourth-order valence-electron chi connectivity index (χ4n) is 3.61. The first-order valence-electron chi connectivity index (χ1n) is 9.57. The molecule has 0 aliphatic rings. The van der Waals surface area contributed by atoms with Gasteiger partial charge in [0.2, 0.25) is 9.84 Å². The predicted octanol–water partition coefficient (Wildman–Crippen LogP) is 0.267. The summed E-state index contributed by atoms with van der Waals surface area (Å²) in [7, 11) is 1.30. The number of phenolic OH excluding ortho intramolecular Hbond substituents is 1. The molecule has 3 rings (SSSR count). The molecule has 1 N–H and O–H groups in total. The topological polar surface area (TPSA) is 88.8 Å². The molecule has 3 aromatic rings. The summed E-state index contributed by atoms with van der Waals surface area (Å²) in [5.74, 6) is -0.971. The van der Waals surface area contributed by atoms with Crippen molar-refractivity contribution >= 4 is 26.7 Å². The molecule has 9 heteroatoms. The summed E-state index contributed by atoms with van der Waals surface area (Å²) in [6, 6.07) is 9.62. The number of carbonyl (C=O) groups excluding carboxylic acids is 1. The minimum atomic E-state index is -4.12. The van der Waals surface area contributed by atoms with Gasteiger partial charge >= 0.3 is 5.97 Å². The number of benzene rings is 2. The van der Waals surface area contributed by atoms with Crippen molar-refractivity contribution in [3.63, 3.8) is 0 Å². The molecule has 0 amide bonds. The highest BCUT2D eigenvalue weighted by molar-refractivity contribution is 7.91. The summed E-state index contributed by atoms with van der Waals surface area (Å²) in [5, 5.41) is 11.3. The molecule has 0 unspecified atom stereocenters. The number of aromatic hydroxyl groups is 1. The molecule has 0 fully saturated rings. The molecule has 168 valence electrons. The van der Waals surface area contributed by atoms with Crippen LogP contribution in [0.3, 0.4) is 0 Å². The second-order valence-corrected chi connectivity index (χ2v) is 9.29. The summed E-state index contributed by atoms with van der Waals surface area (Å²) in [6.45, 7) is 3.90. The third kappa shape index (κ3) is 4.28. The molecular weight excluding hydrogens is 440 g/mol. The van der Waals surface area contributed by atoms with Crippen LogP contribution in [0.25, 0.3) is 10.9 Å². The van der Waals surface area contributed by atoms with Gasteiger partial charge in [-0.3, -0.25) is 0 Å². The van der Waals surface area contributed by atoms with Crippen LogP contribution in [0, 0.1) is 6.92 Å². The SMILES string of the molecule is CCOC(=O)c1c(C)n(C)c2cc(CN(C)C)c(O)c(S(=O)(=O)c3ccccc3)c12.[Cl-]. The van der Waals surface area contributed by atoms with Gasteiger partial charge in [0.15, 0.2) is 0 Å². The quantitative estimate of drug-likeness (QED) is 0.526. The zero-order chi connectivity index (χ0) is 22.2. The van der Waals surface area contributed by atoms with Crippen molar-refractivity contribution in [1.82, 2.24) is 9.47 Å². The highest BCUT2D eigenvalue weighted by Crippen LogP contribution is 2.42. The van der Waals surface area contributed by atoms with Crippen molar-refractivity contribution < 1.29 is 35.5 Å².